The van der Waals surface area contributed by atoms with Crippen LogP contribution in [-0.4, -0.2) is 20.9 Å². The summed E-state index contributed by atoms with van der Waals surface area (Å²) in [5, 5.41) is 0.520. The third kappa shape index (κ3) is 4.65. The van der Waals surface area contributed by atoms with Gasteiger partial charge in [-0.05, 0) is 42.5 Å². The van der Waals surface area contributed by atoms with Crippen molar-refractivity contribution in [3.05, 3.63) is 89.1 Å². The predicted octanol–water partition coefficient (Wildman–Crippen LogP) is 3.65. The molecule has 144 valence electrons. The molecule has 0 saturated carbocycles. The molecule has 2 heterocycles. The number of hydrogen-bond donors (Lipinski definition) is 1. The first-order valence-electron chi connectivity index (χ1n) is 9.05. The van der Waals surface area contributed by atoms with Gasteiger partial charge in [0.05, 0.1) is 17.3 Å². The fraction of sp³-hybridized carbons (Fsp3) is 0.0909. The minimum Gasteiger partial charge on any atom is -0.439 e. The van der Waals surface area contributed by atoms with Crippen molar-refractivity contribution in [2.45, 2.75) is 12.8 Å². The number of nitrogens with one attached hydrogen (secondary N) is 1. The number of aromatic nitrogens is 3. The van der Waals surface area contributed by atoms with Gasteiger partial charge in [-0.3, -0.25) is 9.59 Å². The summed E-state index contributed by atoms with van der Waals surface area (Å²) in [7, 11) is 0. The predicted molar refractivity (Wildman–Crippen MR) is 107 cm³/mol. The van der Waals surface area contributed by atoms with E-state index in [4.69, 9.17) is 9.47 Å². The number of aromatic amines is 1. The highest BCUT2D eigenvalue weighted by molar-refractivity contribution is 5.77. The van der Waals surface area contributed by atoms with Gasteiger partial charge < -0.3 is 14.5 Å². The molecule has 0 unspecified atom stereocenters. The Morgan fingerprint density at radius 2 is 1.69 bits per heavy atom. The Hall–Kier alpha value is -4.00. The Morgan fingerprint density at radius 1 is 0.931 bits per heavy atom. The zero-order chi connectivity index (χ0) is 20.1. The first-order valence-corrected chi connectivity index (χ1v) is 9.05. The maximum absolute atomic E-state index is 12.1. The van der Waals surface area contributed by atoms with Crippen molar-refractivity contribution in [2.75, 3.05) is 0 Å². The van der Waals surface area contributed by atoms with E-state index in [9.17, 15) is 9.59 Å². The van der Waals surface area contributed by atoms with Gasteiger partial charge in [0.2, 0.25) is 5.88 Å². The fourth-order valence-corrected chi connectivity index (χ4v) is 2.76. The Bertz CT molecular complexity index is 1190. The number of para-hydroxylation sites is 1. The number of benzene rings is 2. The summed E-state index contributed by atoms with van der Waals surface area (Å²) in [5.41, 5.74) is 0.380. The normalized spacial score (nSPS) is 10.6. The van der Waals surface area contributed by atoms with Gasteiger partial charge in [-0.2, -0.15) is 0 Å². The van der Waals surface area contributed by atoms with Crippen LogP contribution in [0.2, 0.25) is 0 Å². The average Bonchev–Trinajstić information content (AvgIpc) is 2.74. The molecule has 2 aromatic carbocycles. The number of fused-ring (bicyclic) bond motifs is 1. The first kappa shape index (κ1) is 18.4. The number of nitrogens with zero attached hydrogens (tertiary/aromatic N) is 2. The maximum atomic E-state index is 12.1. The lowest BCUT2D eigenvalue weighted by Gasteiger charge is -2.07. The van der Waals surface area contributed by atoms with Crippen molar-refractivity contribution < 1.29 is 14.3 Å². The molecule has 0 aliphatic heterocycles. The highest BCUT2D eigenvalue weighted by Gasteiger charge is 2.09. The van der Waals surface area contributed by atoms with E-state index in [-0.39, 0.29) is 18.4 Å². The number of carbonyl (C=O) groups excluding carboxylic acids is 1. The average molecular weight is 387 g/mol. The summed E-state index contributed by atoms with van der Waals surface area (Å²) < 4.78 is 10.9. The molecule has 4 aromatic rings. The van der Waals surface area contributed by atoms with E-state index < -0.39 is 5.97 Å². The minimum atomic E-state index is -0.417. The van der Waals surface area contributed by atoms with E-state index in [0.29, 0.717) is 34.1 Å². The Morgan fingerprint density at radius 3 is 2.48 bits per heavy atom. The van der Waals surface area contributed by atoms with Crippen LogP contribution in [0.25, 0.3) is 10.9 Å². The highest BCUT2D eigenvalue weighted by Crippen LogP contribution is 2.22. The van der Waals surface area contributed by atoms with Crippen LogP contribution in [0.3, 0.4) is 0 Å². The minimum absolute atomic E-state index is 0.0907. The van der Waals surface area contributed by atoms with Crippen LogP contribution >= 0.6 is 0 Å². The molecular weight excluding hydrogens is 370 g/mol. The molecule has 0 radical (unpaired) electrons. The van der Waals surface area contributed by atoms with Crippen molar-refractivity contribution in [1.29, 1.82) is 0 Å². The van der Waals surface area contributed by atoms with Gasteiger partial charge in [-0.25, -0.2) is 9.97 Å². The molecule has 0 spiro atoms. The van der Waals surface area contributed by atoms with Crippen LogP contribution in [-0.2, 0) is 11.2 Å². The van der Waals surface area contributed by atoms with Crippen molar-refractivity contribution in [2.24, 2.45) is 0 Å². The molecule has 2 aromatic heterocycles. The lowest BCUT2D eigenvalue weighted by Crippen LogP contribution is -2.15. The molecule has 0 aliphatic carbocycles. The lowest BCUT2D eigenvalue weighted by atomic mass is 10.2. The van der Waals surface area contributed by atoms with Gasteiger partial charge in [-0.15, -0.1) is 0 Å². The van der Waals surface area contributed by atoms with Crippen molar-refractivity contribution in [1.82, 2.24) is 15.0 Å². The molecule has 0 amide bonds. The van der Waals surface area contributed by atoms with E-state index >= 15 is 0 Å². The van der Waals surface area contributed by atoms with Crippen LogP contribution in [0.4, 0.5) is 0 Å². The summed E-state index contributed by atoms with van der Waals surface area (Å²) >= 11 is 0. The topological polar surface area (TPSA) is 94.2 Å². The number of hydrogen-bond acceptors (Lipinski definition) is 6. The van der Waals surface area contributed by atoms with Crippen molar-refractivity contribution >= 4 is 16.9 Å². The summed E-state index contributed by atoms with van der Waals surface area (Å²) in [4.78, 5) is 35.4. The molecular formula is C22H17N3O4. The molecule has 0 atom stereocenters. The smallest absolute Gasteiger partial charge is 0.311 e. The standard InChI is InChI=1S/C22H17N3O4/c26-21(13-12-19-24-18-6-2-1-5-17(18)22(27)25-19)29-16-10-8-15(9-11-16)28-20-7-3-4-14-23-20/h1-11,14H,12-13H2,(H,24,25,27). The second-order valence-electron chi connectivity index (χ2n) is 6.25. The van der Waals surface area contributed by atoms with Crippen molar-refractivity contribution in [3.8, 4) is 17.4 Å². The summed E-state index contributed by atoms with van der Waals surface area (Å²) in [6, 6.07) is 19.1. The largest absolute Gasteiger partial charge is 0.439 e. The zero-order valence-electron chi connectivity index (χ0n) is 15.4. The zero-order valence-corrected chi connectivity index (χ0v) is 15.4. The number of H-pyrrole nitrogens is 1. The Labute approximate surface area is 166 Å². The molecule has 7 nitrogen and oxygen atoms in total. The van der Waals surface area contributed by atoms with E-state index in [2.05, 4.69) is 15.0 Å². The number of ether oxygens (including phenoxy) is 2. The van der Waals surface area contributed by atoms with Crippen LogP contribution in [0.15, 0.2) is 77.7 Å². The number of pyridine rings is 1. The van der Waals surface area contributed by atoms with E-state index in [0.717, 1.165) is 0 Å². The van der Waals surface area contributed by atoms with E-state index in [1.807, 2.05) is 12.1 Å². The fourth-order valence-electron chi connectivity index (χ4n) is 2.76. The summed E-state index contributed by atoms with van der Waals surface area (Å²) in [5.74, 6) is 1.50. The van der Waals surface area contributed by atoms with Crippen LogP contribution in [0.5, 0.6) is 17.4 Å². The van der Waals surface area contributed by atoms with Gasteiger partial charge >= 0.3 is 5.97 Å². The van der Waals surface area contributed by atoms with E-state index in [1.165, 1.54) is 0 Å². The van der Waals surface area contributed by atoms with Crippen molar-refractivity contribution in [3.63, 3.8) is 0 Å². The Balaban J connectivity index is 1.34. The number of carbonyl (C=O) groups is 1. The molecule has 1 N–H and O–H groups in total. The number of rotatable bonds is 6. The van der Waals surface area contributed by atoms with Crippen LogP contribution in [0.1, 0.15) is 12.2 Å². The van der Waals surface area contributed by atoms with Gasteiger partial charge in [0, 0.05) is 18.7 Å². The SMILES string of the molecule is O=C(CCc1nc2ccccc2c(=O)[nH]1)Oc1ccc(Oc2ccccn2)cc1. The second-order valence-corrected chi connectivity index (χ2v) is 6.25. The molecule has 0 saturated heterocycles. The highest BCUT2D eigenvalue weighted by atomic mass is 16.5. The number of esters is 1. The molecule has 0 bridgehead atoms. The summed E-state index contributed by atoms with van der Waals surface area (Å²) in [6.45, 7) is 0. The van der Waals surface area contributed by atoms with Gasteiger partial charge in [0.15, 0.2) is 0 Å². The quantitative estimate of drug-likeness (QED) is 0.401. The molecule has 29 heavy (non-hydrogen) atoms. The van der Waals surface area contributed by atoms with Crippen LogP contribution < -0.4 is 15.0 Å². The monoisotopic (exact) mass is 387 g/mol. The van der Waals surface area contributed by atoms with Gasteiger partial charge in [0.25, 0.3) is 5.56 Å². The molecule has 7 heteroatoms. The second kappa shape index (κ2) is 8.35. The molecule has 0 aliphatic rings. The summed E-state index contributed by atoms with van der Waals surface area (Å²) in [6.07, 6.45) is 2.01. The molecule has 0 fully saturated rings. The number of aryl methyl sites for hydroxylation is 1. The lowest BCUT2D eigenvalue weighted by molar-refractivity contribution is -0.134. The van der Waals surface area contributed by atoms with Gasteiger partial charge in [-0.1, -0.05) is 18.2 Å². The molecule has 4 rings (SSSR count). The third-order valence-electron chi connectivity index (χ3n) is 4.14. The maximum Gasteiger partial charge on any atom is 0.311 e. The van der Waals surface area contributed by atoms with Crippen LogP contribution in [0, 0.1) is 0 Å². The first-order chi connectivity index (χ1) is 14.2. The third-order valence-corrected chi connectivity index (χ3v) is 4.14. The Kier molecular flexibility index (Phi) is 5.29. The van der Waals surface area contributed by atoms with E-state index in [1.54, 1.807) is 60.8 Å². The van der Waals surface area contributed by atoms with Gasteiger partial charge in [0.1, 0.15) is 17.3 Å².